The number of amides is 1. The predicted molar refractivity (Wildman–Crippen MR) is 108 cm³/mol. The molecule has 1 heterocycles. The summed E-state index contributed by atoms with van der Waals surface area (Å²) >= 11 is 5.80. The van der Waals surface area contributed by atoms with Crippen molar-refractivity contribution in [2.75, 3.05) is 26.8 Å². The molecule has 0 saturated carbocycles. The van der Waals surface area contributed by atoms with E-state index in [9.17, 15) is 19.8 Å². The van der Waals surface area contributed by atoms with Crippen molar-refractivity contribution in [1.29, 1.82) is 0 Å². The number of alkyl halides is 1. The van der Waals surface area contributed by atoms with E-state index in [1.54, 1.807) is 18.2 Å². The van der Waals surface area contributed by atoms with Crippen LogP contribution in [0, 0.1) is 0 Å². The number of primary amides is 1. The van der Waals surface area contributed by atoms with E-state index >= 15 is 0 Å². The molecule has 2 rings (SSSR count). The molecular weight excluding hydrogens is 420 g/mol. The summed E-state index contributed by atoms with van der Waals surface area (Å²) in [4.78, 5) is 27.8. The third-order valence-corrected chi connectivity index (χ3v) is 4.65. The van der Waals surface area contributed by atoms with E-state index in [4.69, 9.17) is 32.5 Å². The zero-order valence-corrected chi connectivity index (χ0v) is 17.1. The number of rotatable bonds is 9. The second-order valence-corrected chi connectivity index (χ2v) is 6.54. The maximum atomic E-state index is 11.7. The SMILES string of the molecule is COc1ccc(/C=N\N2CN([C@@H](CC(N)=O)C(=O)O)[C@](O)(CCl)N=C2N)cc1OC. The van der Waals surface area contributed by atoms with Crippen molar-refractivity contribution in [2.24, 2.45) is 21.6 Å². The lowest BCUT2D eigenvalue weighted by Crippen LogP contribution is -2.65. The van der Waals surface area contributed by atoms with Gasteiger partial charge < -0.3 is 31.2 Å². The molecule has 1 aliphatic rings. The van der Waals surface area contributed by atoms with Crippen molar-refractivity contribution < 1.29 is 29.3 Å². The molecule has 0 aromatic heterocycles. The van der Waals surface area contributed by atoms with Gasteiger partial charge in [-0.2, -0.15) is 5.10 Å². The zero-order valence-electron chi connectivity index (χ0n) is 16.4. The summed E-state index contributed by atoms with van der Waals surface area (Å²) in [6, 6.07) is 3.56. The highest BCUT2D eigenvalue weighted by atomic mass is 35.5. The Morgan fingerprint density at radius 3 is 2.60 bits per heavy atom. The first kappa shape index (κ1) is 23.2. The Bertz CT molecular complexity index is 865. The van der Waals surface area contributed by atoms with Gasteiger partial charge in [-0.15, -0.1) is 11.6 Å². The number of hydrogen-bond acceptors (Lipinski definition) is 10. The Morgan fingerprint density at radius 1 is 1.40 bits per heavy atom. The van der Waals surface area contributed by atoms with Gasteiger partial charge in [0.15, 0.2) is 11.5 Å². The number of hydrogen-bond donors (Lipinski definition) is 4. The Balaban J connectivity index is 2.35. The molecule has 0 unspecified atom stereocenters. The van der Waals surface area contributed by atoms with Crippen LogP contribution in [0.25, 0.3) is 0 Å². The van der Waals surface area contributed by atoms with Crippen molar-refractivity contribution in [3.63, 3.8) is 0 Å². The molecule has 0 aliphatic carbocycles. The molecule has 0 spiro atoms. The maximum absolute atomic E-state index is 11.7. The van der Waals surface area contributed by atoms with Crippen molar-refractivity contribution >= 4 is 35.7 Å². The van der Waals surface area contributed by atoms with Crippen LogP contribution in [0.4, 0.5) is 0 Å². The number of ether oxygens (including phenoxy) is 2. The number of carboxylic acids is 1. The van der Waals surface area contributed by atoms with Gasteiger partial charge >= 0.3 is 5.97 Å². The number of halogens is 1. The highest BCUT2D eigenvalue weighted by Crippen LogP contribution is 2.28. The number of carboxylic acid groups (broad SMARTS) is 1. The van der Waals surface area contributed by atoms with Crippen LogP contribution in [0.1, 0.15) is 12.0 Å². The summed E-state index contributed by atoms with van der Waals surface area (Å²) in [6.07, 6.45) is 0.856. The first-order chi connectivity index (χ1) is 14.1. The first-order valence-electron chi connectivity index (χ1n) is 8.60. The molecule has 164 valence electrons. The Hall–Kier alpha value is -3.09. The molecule has 0 saturated heterocycles. The number of benzene rings is 1. The van der Waals surface area contributed by atoms with Crippen LogP contribution in [-0.2, 0) is 9.59 Å². The number of guanidine groups is 1. The fourth-order valence-corrected chi connectivity index (χ4v) is 2.99. The molecule has 13 heteroatoms. The average molecular weight is 443 g/mol. The van der Waals surface area contributed by atoms with Gasteiger partial charge in [-0.05, 0) is 23.8 Å². The van der Waals surface area contributed by atoms with Gasteiger partial charge in [-0.3, -0.25) is 9.59 Å². The molecule has 0 bridgehead atoms. The Kier molecular flexibility index (Phi) is 7.43. The molecule has 6 N–H and O–H groups in total. The number of hydrazone groups is 1. The van der Waals surface area contributed by atoms with Gasteiger partial charge in [-0.25, -0.2) is 14.9 Å². The number of carbonyl (C=O) groups is 2. The second kappa shape index (κ2) is 9.61. The van der Waals surface area contributed by atoms with E-state index in [0.717, 1.165) is 9.91 Å². The number of aliphatic hydroxyl groups is 1. The highest BCUT2D eigenvalue weighted by Gasteiger charge is 2.46. The van der Waals surface area contributed by atoms with Gasteiger partial charge in [0.25, 0.3) is 0 Å². The Morgan fingerprint density at radius 2 is 2.07 bits per heavy atom. The molecule has 0 radical (unpaired) electrons. The Labute approximate surface area is 177 Å². The van der Waals surface area contributed by atoms with Crippen LogP contribution in [0.3, 0.4) is 0 Å². The van der Waals surface area contributed by atoms with E-state index in [2.05, 4.69) is 10.1 Å². The van der Waals surface area contributed by atoms with Gasteiger partial charge in [0.05, 0.1) is 32.7 Å². The molecule has 12 nitrogen and oxygen atoms in total. The van der Waals surface area contributed by atoms with Crippen LogP contribution in [-0.4, -0.2) is 82.8 Å². The van der Waals surface area contributed by atoms with Crippen molar-refractivity contribution in [2.45, 2.75) is 18.3 Å². The van der Waals surface area contributed by atoms with Crippen molar-refractivity contribution in [3.8, 4) is 11.5 Å². The quantitative estimate of drug-likeness (QED) is 0.280. The lowest BCUT2D eigenvalue weighted by atomic mass is 10.1. The molecule has 2 atom stereocenters. The summed E-state index contributed by atoms with van der Waals surface area (Å²) in [5.74, 6) is -4.10. The van der Waals surface area contributed by atoms with E-state index in [-0.39, 0.29) is 12.6 Å². The van der Waals surface area contributed by atoms with Crippen molar-refractivity contribution in [1.82, 2.24) is 9.91 Å². The van der Waals surface area contributed by atoms with Crippen LogP contribution in [0.15, 0.2) is 28.3 Å². The first-order valence-corrected chi connectivity index (χ1v) is 9.13. The van der Waals surface area contributed by atoms with E-state index in [1.165, 1.54) is 20.4 Å². The van der Waals surface area contributed by atoms with Crippen LogP contribution >= 0.6 is 11.6 Å². The average Bonchev–Trinajstić information content (AvgIpc) is 2.71. The number of nitrogens with zero attached hydrogens (tertiary/aromatic N) is 4. The minimum absolute atomic E-state index is 0.200. The largest absolute Gasteiger partial charge is 0.493 e. The molecular formula is C17H23ClN6O6. The zero-order chi connectivity index (χ0) is 22.5. The van der Waals surface area contributed by atoms with E-state index < -0.39 is 36.1 Å². The van der Waals surface area contributed by atoms with Gasteiger partial charge in [-0.1, -0.05) is 0 Å². The normalized spacial score (nSPS) is 20.7. The lowest BCUT2D eigenvalue weighted by Gasteiger charge is -2.43. The fourth-order valence-electron chi connectivity index (χ4n) is 2.78. The molecule has 1 aliphatic heterocycles. The maximum Gasteiger partial charge on any atom is 0.321 e. The lowest BCUT2D eigenvalue weighted by molar-refractivity contribution is -0.168. The van der Waals surface area contributed by atoms with E-state index in [1.807, 2.05) is 0 Å². The molecule has 30 heavy (non-hydrogen) atoms. The number of methoxy groups -OCH3 is 2. The summed E-state index contributed by atoms with van der Waals surface area (Å²) in [7, 11) is 3.00. The van der Waals surface area contributed by atoms with Gasteiger partial charge in [0, 0.05) is 0 Å². The molecule has 1 aromatic rings. The van der Waals surface area contributed by atoms with Gasteiger partial charge in [0.1, 0.15) is 12.7 Å². The number of aliphatic imine (C=N–C) groups is 1. The topological polar surface area (TPSA) is 176 Å². The second-order valence-electron chi connectivity index (χ2n) is 6.27. The van der Waals surface area contributed by atoms with Gasteiger partial charge in [0.2, 0.25) is 17.7 Å². The summed E-state index contributed by atoms with van der Waals surface area (Å²) in [5.41, 5.74) is 11.6. The third-order valence-electron chi connectivity index (χ3n) is 4.29. The number of nitrogens with two attached hydrogens (primary N) is 2. The summed E-state index contributed by atoms with van der Waals surface area (Å²) < 4.78 is 10.4. The van der Waals surface area contributed by atoms with Crippen LogP contribution in [0.2, 0.25) is 0 Å². The summed E-state index contributed by atoms with van der Waals surface area (Å²) in [5, 5.41) is 25.5. The smallest absolute Gasteiger partial charge is 0.321 e. The third kappa shape index (κ3) is 5.09. The highest BCUT2D eigenvalue weighted by molar-refractivity contribution is 6.18. The molecule has 1 amide bonds. The van der Waals surface area contributed by atoms with Crippen molar-refractivity contribution in [3.05, 3.63) is 23.8 Å². The minimum atomic E-state index is -2.15. The predicted octanol–water partition coefficient (Wildman–Crippen LogP) is -0.859. The van der Waals surface area contributed by atoms with E-state index in [0.29, 0.717) is 17.1 Å². The number of aliphatic carboxylic acids is 1. The summed E-state index contributed by atoms with van der Waals surface area (Å²) in [6.45, 7) is -0.313. The minimum Gasteiger partial charge on any atom is -0.493 e. The van der Waals surface area contributed by atoms with Crippen LogP contribution < -0.4 is 20.9 Å². The molecule has 0 fully saturated rings. The molecule has 1 aromatic carbocycles. The fraction of sp³-hybridized carbons (Fsp3) is 0.412. The standard InChI is InChI=1S/C17H23ClN6O6/c1-29-12-4-3-10(5-13(12)30-2)7-21-24-9-23(11(15(26)27)6-14(19)25)17(28,8-18)22-16(24)20/h3-5,7,11,28H,6,8-9H2,1-2H3,(H2,19,25)(H2,20,22)(H,26,27)/b21-7-/t11-,17-/m0/s1. The van der Waals surface area contributed by atoms with Crippen LogP contribution in [0.5, 0.6) is 11.5 Å². The monoisotopic (exact) mass is 442 g/mol. The number of carbonyl (C=O) groups excluding carboxylic acids is 1.